The van der Waals surface area contributed by atoms with Crippen LogP contribution < -0.4 is 14.8 Å². The van der Waals surface area contributed by atoms with Crippen molar-refractivity contribution in [3.05, 3.63) is 57.8 Å². The normalized spacial score (nSPS) is 13.5. The maximum atomic E-state index is 13.4. The number of nitrogens with one attached hydrogen (secondary N) is 1. The van der Waals surface area contributed by atoms with Gasteiger partial charge in [0.25, 0.3) is 0 Å². The highest BCUT2D eigenvalue weighted by molar-refractivity contribution is 9.10. The van der Waals surface area contributed by atoms with Crippen LogP contribution >= 0.6 is 15.9 Å². The molecule has 124 valence electrons. The molecule has 1 N–H and O–H groups in total. The molecule has 5 heteroatoms. The molecule has 3 nitrogen and oxygen atoms in total. The van der Waals surface area contributed by atoms with Gasteiger partial charge in [-0.05, 0) is 65.7 Å². The highest BCUT2D eigenvalue weighted by Gasteiger charge is 2.16. The molecule has 2 aromatic rings. The summed E-state index contributed by atoms with van der Waals surface area (Å²) in [7, 11) is 3.29. The van der Waals surface area contributed by atoms with Crippen LogP contribution in [-0.4, -0.2) is 14.2 Å². The lowest BCUT2D eigenvalue weighted by molar-refractivity contribution is 0.387. The van der Waals surface area contributed by atoms with Gasteiger partial charge in [0.15, 0.2) is 0 Å². The zero-order valence-electron chi connectivity index (χ0n) is 13.7. The first-order valence-corrected chi connectivity index (χ1v) is 8.18. The summed E-state index contributed by atoms with van der Waals surface area (Å²) in [5.41, 5.74) is 2.02. The molecule has 0 aliphatic rings. The Morgan fingerprint density at radius 2 is 1.74 bits per heavy atom. The SMILES string of the molecule is COc1ccc(OC)c(C(C)NC(C)c2ccc(F)c(Br)c2)c1. The minimum absolute atomic E-state index is 0.0406. The fraction of sp³-hybridized carbons (Fsp3) is 0.333. The molecule has 0 heterocycles. The Hall–Kier alpha value is -1.59. The molecule has 2 rings (SSSR count). The largest absolute Gasteiger partial charge is 0.497 e. The van der Waals surface area contributed by atoms with Gasteiger partial charge in [0, 0.05) is 17.6 Å². The van der Waals surface area contributed by atoms with Crippen LogP contribution in [0.3, 0.4) is 0 Å². The standard InChI is InChI=1S/C18H21BrFNO2/c1-11(13-5-7-17(20)16(19)9-13)21-12(2)15-10-14(22-3)6-8-18(15)23-4/h5-12,21H,1-4H3. The smallest absolute Gasteiger partial charge is 0.137 e. The monoisotopic (exact) mass is 381 g/mol. The van der Waals surface area contributed by atoms with E-state index in [-0.39, 0.29) is 17.9 Å². The van der Waals surface area contributed by atoms with E-state index in [1.54, 1.807) is 26.4 Å². The predicted molar refractivity (Wildman–Crippen MR) is 93.6 cm³/mol. The quantitative estimate of drug-likeness (QED) is 0.761. The van der Waals surface area contributed by atoms with Crippen molar-refractivity contribution >= 4 is 15.9 Å². The van der Waals surface area contributed by atoms with Crippen molar-refractivity contribution in [2.24, 2.45) is 0 Å². The molecule has 2 atom stereocenters. The Labute approximate surface area is 144 Å². The summed E-state index contributed by atoms with van der Waals surface area (Å²) in [5.74, 6) is 1.33. The lowest BCUT2D eigenvalue weighted by Crippen LogP contribution is -2.23. The zero-order chi connectivity index (χ0) is 17.0. The van der Waals surface area contributed by atoms with E-state index in [9.17, 15) is 4.39 Å². The lowest BCUT2D eigenvalue weighted by atomic mass is 10.0. The number of hydrogen-bond donors (Lipinski definition) is 1. The van der Waals surface area contributed by atoms with Crippen LogP contribution in [0.15, 0.2) is 40.9 Å². The number of ether oxygens (including phenoxy) is 2. The molecule has 2 unspecified atom stereocenters. The van der Waals surface area contributed by atoms with Crippen LogP contribution in [0.5, 0.6) is 11.5 Å². The number of benzene rings is 2. The third-order valence-corrected chi connectivity index (χ3v) is 4.45. The van der Waals surface area contributed by atoms with E-state index in [4.69, 9.17) is 9.47 Å². The number of halogens is 2. The van der Waals surface area contributed by atoms with Gasteiger partial charge in [-0.1, -0.05) is 6.07 Å². The molecule has 23 heavy (non-hydrogen) atoms. The van der Waals surface area contributed by atoms with Crippen LogP contribution in [-0.2, 0) is 0 Å². The number of rotatable bonds is 6. The Bertz CT molecular complexity index is 678. The fourth-order valence-corrected chi connectivity index (χ4v) is 2.92. The predicted octanol–water partition coefficient (Wildman–Crippen LogP) is 5.02. The third-order valence-electron chi connectivity index (χ3n) is 3.85. The van der Waals surface area contributed by atoms with E-state index in [0.717, 1.165) is 22.6 Å². The second kappa shape index (κ2) is 7.79. The van der Waals surface area contributed by atoms with E-state index < -0.39 is 0 Å². The van der Waals surface area contributed by atoms with Crippen LogP contribution in [0, 0.1) is 5.82 Å². The van der Waals surface area contributed by atoms with Gasteiger partial charge in [0.05, 0.1) is 18.7 Å². The van der Waals surface area contributed by atoms with E-state index in [0.29, 0.717) is 4.47 Å². The van der Waals surface area contributed by atoms with Crippen molar-refractivity contribution in [3.63, 3.8) is 0 Å². The maximum Gasteiger partial charge on any atom is 0.137 e. The summed E-state index contributed by atoms with van der Waals surface area (Å²) in [6.07, 6.45) is 0. The van der Waals surface area contributed by atoms with Crippen LogP contribution in [0.25, 0.3) is 0 Å². The van der Waals surface area contributed by atoms with Gasteiger partial charge in [-0.2, -0.15) is 0 Å². The molecular formula is C18H21BrFNO2. The zero-order valence-corrected chi connectivity index (χ0v) is 15.3. The number of methoxy groups -OCH3 is 2. The molecule has 0 radical (unpaired) electrons. The Morgan fingerprint density at radius 3 is 2.35 bits per heavy atom. The van der Waals surface area contributed by atoms with Crippen molar-refractivity contribution in [1.29, 1.82) is 0 Å². The molecule has 0 spiro atoms. The van der Waals surface area contributed by atoms with Gasteiger partial charge in [0.1, 0.15) is 17.3 Å². The summed E-state index contributed by atoms with van der Waals surface area (Å²) in [6, 6.07) is 10.9. The molecule has 0 fully saturated rings. The van der Waals surface area contributed by atoms with Crippen molar-refractivity contribution in [1.82, 2.24) is 5.32 Å². The molecule has 0 aliphatic carbocycles. The second-order valence-electron chi connectivity index (χ2n) is 5.39. The van der Waals surface area contributed by atoms with E-state index in [1.165, 1.54) is 6.07 Å². The highest BCUT2D eigenvalue weighted by atomic mass is 79.9. The minimum atomic E-state index is -0.261. The molecule has 0 aliphatic heterocycles. The Kier molecular flexibility index (Phi) is 6.02. The van der Waals surface area contributed by atoms with E-state index >= 15 is 0 Å². The van der Waals surface area contributed by atoms with Gasteiger partial charge in [-0.3, -0.25) is 0 Å². The van der Waals surface area contributed by atoms with Gasteiger partial charge < -0.3 is 14.8 Å². The van der Waals surface area contributed by atoms with E-state index in [1.807, 2.05) is 25.1 Å². The topological polar surface area (TPSA) is 30.5 Å². The summed E-state index contributed by atoms with van der Waals surface area (Å²) < 4.78 is 24.6. The van der Waals surface area contributed by atoms with Crippen molar-refractivity contribution in [3.8, 4) is 11.5 Å². The van der Waals surface area contributed by atoms with Crippen LogP contribution in [0.1, 0.15) is 37.1 Å². The Balaban J connectivity index is 2.20. The molecule has 0 saturated carbocycles. The molecule has 0 saturated heterocycles. The average molecular weight is 382 g/mol. The Morgan fingerprint density at radius 1 is 1.00 bits per heavy atom. The summed E-state index contributed by atoms with van der Waals surface area (Å²) in [5, 5.41) is 3.51. The van der Waals surface area contributed by atoms with E-state index in [2.05, 4.69) is 28.2 Å². The molecule has 0 aromatic heterocycles. The van der Waals surface area contributed by atoms with Crippen molar-refractivity contribution in [2.45, 2.75) is 25.9 Å². The molecule has 0 amide bonds. The van der Waals surface area contributed by atoms with Crippen molar-refractivity contribution < 1.29 is 13.9 Å². The highest BCUT2D eigenvalue weighted by Crippen LogP contribution is 2.31. The van der Waals surface area contributed by atoms with Gasteiger partial charge in [-0.15, -0.1) is 0 Å². The van der Waals surface area contributed by atoms with Crippen LogP contribution in [0.4, 0.5) is 4.39 Å². The summed E-state index contributed by atoms with van der Waals surface area (Å²) in [6.45, 7) is 4.11. The first-order valence-electron chi connectivity index (χ1n) is 7.39. The third kappa shape index (κ3) is 4.24. The first kappa shape index (κ1) is 17.8. The maximum absolute atomic E-state index is 13.4. The molecular weight excluding hydrogens is 361 g/mol. The average Bonchev–Trinajstić information content (AvgIpc) is 2.56. The van der Waals surface area contributed by atoms with Gasteiger partial charge >= 0.3 is 0 Å². The molecule has 0 bridgehead atoms. The van der Waals surface area contributed by atoms with Crippen molar-refractivity contribution in [2.75, 3.05) is 14.2 Å². The fourth-order valence-electron chi connectivity index (χ4n) is 2.52. The summed E-state index contributed by atoms with van der Waals surface area (Å²) in [4.78, 5) is 0. The van der Waals surface area contributed by atoms with Gasteiger partial charge in [-0.25, -0.2) is 4.39 Å². The lowest BCUT2D eigenvalue weighted by Gasteiger charge is -2.23. The molecule has 2 aromatic carbocycles. The summed E-state index contributed by atoms with van der Waals surface area (Å²) >= 11 is 3.23. The first-order chi connectivity index (χ1) is 11.0. The minimum Gasteiger partial charge on any atom is -0.497 e. The van der Waals surface area contributed by atoms with Gasteiger partial charge in [0.2, 0.25) is 0 Å². The number of hydrogen-bond acceptors (Lipinski definition) is 3. The second-order valence-corrected chi connectivity index (χ2v) is 6.25. The van der Waals surface area contributed by atoms with Crippen LogP contribution in [0.2, 0.25) is 0 Å².